The number of hydrogen-bond acceptors (Lipinski definition) is 3. The van der Waals surface area contributed by atoms with Gasteiger partial charge in [0, 0.05) is 11.4 Å². The van der Waals surface area contributed by atoms with Crippen LogP contribution in [-0.2, 0) is 11.0 Å². The van der Waals surface area contributed by atoms with Crippen LogP contribution in [0.2, 0.25) is 0 Å². The Hall–Kier alpha value is -1.24. The smallest absolute Gasteiger partial charge is 0.416 e. The Morgan fingerprint density at radius 2 is 2.24 bits per heavy atom. The summed E-state index contributed by atoms with van der Waals surface area (Å²) in [4.78, 5) is 14.2. The van der Waals surface area contributed by atoms with Crippen molar-refractivity contribution in [2.45, 2.75) is 29.8 Å². The molecule has 0 aliphatic heterocycles. The number of hydrogen-bond donors (Lipinski definition) is 1. The third-order valence-electron chi connectivity index (χ3n) is 1.85. The Kier molecular flexibility index (Phi) is 4.39. The first-order chi connectivity index (χ1) is 7.79. The molecule has 0 saturated carbocycles. The van der Waals surface area contributed by atoms with Crippen molar-refractivity contribution in [1.29, 1.82) is 0 Å². The van der Waals surface area contributed by atoms with Gasteiger partial charge in [-0.2, -0.15) is 13.2 Å². The quantitative estimate of drug-likeness (QED) is 0.850. The second kappa shape index (κ2) is 5.39. The summed E-state index contributed by atoms with van der Waals surface area (Å²) in [6.45, 7) is 1.63. The monoisotopic (exact) mass is 265 g/mol. The number of carboxylic acids is 1. The highest BCUT2D eigenvalue weighted by Crippen LogP contribution is 2.32. The molecule has 0 fully saturated rings. The van der Waals surface area contributed by atoms with Gasteiger partial charge in [0.05, 0.1) is 17.0 Å². The Morgan fingerprint density at radius 3 is 2.76 bits per heavy atom. The molecule has 1 aromatic heterocycles. The van der Waals surface area contributed by atoms with Crippen LogP contribution < -0.4 is 0 Å². The average molecular weight is 265 g/mol. The molecule has 17 heavy (non-hydrogen) atoms. The summed E-state index contributed by atoms with van der Waals surface area (Å²) in [7, 11) is 0. The zero-order chi connectivity index (χ0) is 13.1. The van der Waals surface area contributed by atoms with E-state index in [0.29, 0.717) is 0 Å². The number of thioether (sulfide) groups is 1. The second-order valence-corrected chi connectivity index (χ2v) is 4.87. The molecule has 1 rings (SSSR count). The van der Waals surface area contributed by atoms with Crippen molar-refractivity contribution in [1.82, 2.24) is 4.98 Å². The van der Waals surface area contributed by atoms with E-state index in [-0.39, 0.29) is 16.7 Å². The van der Waals surface area contributed by atoms with Crippen molar-refractivity contribution in [2.24, 2.45) is 0 Å². The fraction of sp³-hybridized carbons (Fsp3) is 0.400. The normalized spacial score (nSPS) is 13.4. The number of aliphatic carboxylic acids is 1. The summed E-state index contributed by atoms with van der Waals surface area (Å²) in [5.74, 6) is -0.989. The summed E-state index contributed by atoms with van der Waals surface area (Å²) in [5.41, 5.74) is -0.780. The third-order valence-corrected chi connectivity index (χ3v) is 2.88. The number of halogens is 3. The first-order valence-electron chi connectivity index (χ1n) is 4.70. The van der Waals surface area contributed by atoms with Gasteiger partial charge in [0.2, 0.25) is 0 Å². The number of aromatic nitrogens is 1. The first kappa shape index (κ1) is 13.8. The summed E-state index contributed by atoms with van der Waals surface area (Å²) < 4.78 is 37.2. The number of carboxylic acid groups (broad SMARTS) is 1. The minimum Gasteiger partial charge on any atom is -0.481 e. The lowest BCUT2D eigenvalue weighted by Gasteiger charge is -2.10. The summed E-state index contributed by atoms with van der Waals surface area (Å²) in [6.07, 6.45) is -3.46. The maximum Gasteiger partial charge on any atom is 0.416 e. The lowest BCUT2D eigenvalue weighted by atomic mass is 10.3. The van der Waals surface area contributed by atoms with Gasteiger partial charge < -0.3 is 5.11 Å². The molecule has 0 radical (unpaired) electrons. The van der Waals surface area contributed by atoms with Gasteiger partial charge in [-0.15, -0.1) is 11.8 Å². The van der Waals surface area contributed by atoms with Gasteiger partial charge in [-0.05, 0) is 12.1 Å². The molecule has 7 heteroatoms. The number of pyridine rings is 1. The number of alkyl halides is 3. The molecule has 1 atom stereocenters. The molecular weight excluding hydrogens is 255 g/mol. The van der Waals surface area contributed by atoms with Crippen LogP contribution >= 0.6 is 11.8 Å². The Morgan fingerprint density at radius 1 is 1.59 bits per heavy atom. The molecule has 0 saturated heterocycles. The lowest BCUT2D eigenvalue weighted by molar-refractivity contribution is -0.138. The molecular formula is C10H10F3NO2S. The lowest BCUT2D eigenvalue weighted by Crippen LogP contribution is -2.07. The maximum absolute atomic E-state index is 12.4. The number of rotatable bonds is 4. The first-order valence-corrected chi connectivity index (χ1v) is 5.58. The van der Waals surface area contributed by atoms with E-state index in [0.717, 1.165) is 30.1 Å². The predicted molar refractivity (Wildman–Crippen MR) is 56.8 cm³/mol. The SMILES string of the molecule is CC(CC(=O)O)Sc1cc(C(F)(F)F)ccn1. The molecule has 0 aliphatic rings. The highest BCUT2D eigenvalue weighted by atomic mass is 32.2. The molecule has 1 unspecified atom stereocenters. The Bertz CT molecular complexity index is 409. The van der Waals surface area contributed by atoms with Crippen LogP contribution in [0.25, 0.3) is 0 Å². The molecule has 1 aromatic rings. The van der Waals surface area contributed by atoms with Crippen molar-refractivity contribution >= 4 is 17.7 Å². The van der Waals surface area contributed by atoms with Crippen LogP contribution in [0.4, 0.5) is 13.2 Å². The van der Waals surface area contributed by atoms with Crippen LogP contribution in [0.1, 0.15) is 18.9 Å². The van der Waals surface area contributed by atoms with E-state index in [4.69, 9.17) is 5.11 Å². The van der Waals surface area contributed by atoms with Gasteiger partial charge in [-0.1, -0.05) is 6.92 Å². The zero-order valence-electron chi connectivity index (χ0n) is 8.86. The minimum atomic E-state index is -4.41. The maximum atomic E-state index is 12.4. The van der Waals surface area contributed by atoms with Crippen LogP contribution in [-0.4, -0.2) is 21.3 Å². The molecule has 3 nitrogen and oxygen atoms in total. The topological polar surface area (TPSA) is 50.2 Å². The second-order valence-electron chi connectivity index (χ2n) is 3.41. The Labute approximate surface area is 100 Å². The van der Waals surface area contributed by atoms with Gasteiger partial charge in [0.25, 0.3) is 0 Å². The van der Waals surface area contributed by atoms with Crippen LogP contribution in [0.15, 0.2) is 23.4 Å². The van der Waals surface area contributed by atoms with Gasteiger partial charge in [0.15, 0.2) is 0 Å². The Balaban J connectivity index is 2.76. The average Bonchev–Trinajstić information content (AvgIpc) is 2.15. The van der Waals surface area contributed by atoms with E-state index in [1.807, 2.05) is 0 Å². The van der Waals surface area contributed by atoms with Gasteiger partial charge in [0.1, 0.15) is 0 Å². The fourth-order valence-electron chi connectivity index (χ4n) is 1.14. The van der Waals surface area contributed by atoms with E-state index in [9.17, 15) is 18.0 Å². The van der Waals surface area contributed by atoms with Crippen molar-refractivity contribution < 1.29 is 23.1 Å². The summed E-state index contributed by atoms with van der Waals surface area (Å²) >= 11 is 1.01. The van der Waals surface area contributed by atoms with Crippen molar-refractivity contribution in [2.75, 3.05) is 0 Å². The van der Waals surface area contributed by atoms with Crippen LogP contribution in [0, 0.1) is 0 Å². The molecule has 0 amide bonds. The van der Waals surface area contributed by atoms with Crippen molar-refractivity contribution in [3.63, 3.8) is 0 Å². The highest BCUT2D eigenvalue weighted by molar-refractivity contribution is 7.99. The molecule has 1 N–H and O–H groups in total. The van der Waals surface area contributed by atoms with E-state index in [2.05, 4.69) is 4.98 Å². The van der Waals surface area contributed by atoms with E-state index >= 15 is 0 Å². The highest BCUT2D eigenvalue weighted by Gasteiger charge is 2.30. The standard InChI is InChI=1S/C10H10F3NO2S/c1-6(4-9(15)16)17-8-5-7(2-3-14-8)10(11,12)13/h2-3,5-6H,4H2,1H3,(H,15,16). The predicted octanol–water partition coefficient (Wildman–Crippen LogP) is 3.06. The van der Waals surface area contributed by atoms with Crippen molar-refractivity contribution in [3.8, 4) is 0 Å². The van der Waals surface area contributed by atoms with Crippen LogP contribution in [0.5, 0.6) is 0 Å². The number of carbonyl (C=O) groups is 1. The summed E-state index contributed by atoms with van der Waals surface area (Å²) in [5, 5.41) is 8.38. The molecule has 0 bridgehead atoms. The van der Waals surface area contributed by atoms with E-state index < -0.39 is 17.7 Å². The van der Waals surface area contributed by atoms with E-state index in [1.165, 1.54) is 0 Å². The molecule has 94 valence electrons. The van der Waals surface area contributed by atoms with Gasteiger partial charge in [-0.25, -0.2) is 4.98 Å². The largest absolute Gasteiger partial charge is 0.481 e. The molecule has 0 spiro atoms. The zero-order valence-corrected chi connectivity index (χ0v) is 9.68. The van der Waals surface area contributed by atoms with Crippen LogP contribution in [0.3, 0.4) is 0 Å². The van der Waals surface area contributed by atoms with E-state index in [1.54, 1.807) is 6.92 Å². The molecule has 0 aliphatic carbocycles. The summed E-state index contributed by atoms with van der Waals surface area (Å²) in [6, 6.07) is 1.80. The molecule has 1 heterocycles. The minimum absolute atomic E-state index is 0.122. The molecule has 0 aromatic carbocycles. The van der Waals surface area contributed by atoms with Gasteiger partial charge in [-0.3, -0.25) is 4.79 Å². The van der Waals surface area contributed by atoms with Crippen molar-refractivity contribution in [3.05, 3.63) is 23.9 Å². The third kappa shape index (κ3) is 4.64. The fourth-order valence-corrected chi connectivity index (χ4v) is 2.10. The number of nitrogens with zero attached hydrogens (tertiary/aromatic N) is 1. The van der Waals surface area contributed by atoms with Gasteiger partial charge >= 0.3 is 12.1 Å².